The number of carbonyl (C=O) groups is 2. The van der Waals surface area contributed by atoms with Crippen LogP contribution >= 0.6 is 0 Å². The van der Waals surface area contributed by atoms with Crippen molar-refractivity contribution in [3.8, 4) is 0 Å². The van der Waals surface area contributed by atoms with Gasteiger partial charge in [0.1, 0.15) is 5.82 Å². The predicted molar refractivity (Wildman–Crippen MR) is 93.4 cm³/mol. The number of aryl methyl sites for hydroxylation is 1. The fraction of sp³-hybridized carbons (Fsp3) is 0.300. The second-order valence-electron chi connectivity index (χ2n) is 5.96. The van der Waals surface area contributed by atoms with Gasteiger partial charge in [-0.25, -0.2) is 4.39 Å². The number of hydrogen-bond acceptors (Lipinski definition) is 3. The summed E-state index contributed by atoms with van der Waals surface area (Å²) in [6.45, 7) is 1.58. The van der Waals surface area contributed by atoms with Crippen LogP contribution in [0.2, 0.25) is 0 Å². The van der Waals surface area contributed by atoms with Crippen LogP contribution in [-0.4, -0.2) is 24.5 Å². The second kappa shape index (κ2) is 9.57. The molecule has 0 heterocycles. The molecule has 1 amide bonds. The monoisotopic (exact) mass is 343 g/mol. The van der Waals surface area contributed by atoms with Crippen LogP contribution in [0.5, 0.6) is 0 Å². The SMILES string of the molecule is C[C@@H](CCc1ccccc1)NC(=O)COC(=O)Cc1cccc(F)c1. The van der Waals surface area contributed by atoms with Crippen molar-refractivity contribution in [1.29, 1.82) is 0 Å². The molecule has 2 aromatic carbocycles. The molecule has 1 N–H and O–H groups in total. The Morgan fingerprint density at radius 3 is 2.52 bits per heavy atom. The molecule has 0 spiro atoms. The quantitative estimate of drug-likeness (QED) is 0.750. The molecule has 0 unspecified atom stereocenters. The van der Waals surface area contributed by atoms with Gasteiger partial charge < -0.3 is 10.1 Å². The number of esters is 1. The van der Waals surface area contributed by atoms with Gasteiger partial charge in [0, 0.05) is 6.04 Å². The van der Waals surface area contributed by atoms with Crippen LogP contribution in [0, 0.1) is 5.82 Å². The molecule has 0 aliphatic rings. The third-order valence-electron chi connectivity index (χ3n) is 3.72. The van der Waals surface area contributed by atoms with Crippen LogP contribution in [0.4, 0.5) is 4.39 Å². The average Bonchev–Trinajstić information content (AvgIpc) is 2.59. The van der Waals surface area contributed by atoms with Crippen molar-refractivity contribution < 1.29 is 18.7 Å². The van der Waals surface area contributed by atoms with Gasteiger partial charge in [0.2, 0.25) is 0 Å². The van der Waals surface area contributed by atoms with Gasteiger partial charge in [-0.05, 0) is 43.0 Å². The Balaban J connectivity index is 1.66. The third kappa shape index (κ3) is 7.16. The van der Waals surface area contributed by atoms with E-state index < -0.39 is 11.8 Å². The van der Waals surface area contributed by atoms with Gasteiger partial charge in [0.15, 0.2) is 6.61 Å². The summed E-state index contributed by atoms with van der Waals surface area (Å²) >= 11 is 0. The maximum atomic E-state index is 13.1. The molecule has 0 aromatic heterocycles. The standard InChI is InChI=1S/C20H22FNO3/c1-15(10-11-16-6-3-2-4-7-16)22-19(23)14-25-20(24)13-17-8-5-9-18(21)12-17/h2-9,12,15H,10-11,13-14H2,1H3,(H,22,23)/t15-/m0/s1. The maximum Gasteiger partial charge on any atom is 0.310 e. The van der Waals surface area contributed by atoms with Crippen molar-refractivity contribution in [3.63, 3.8) is 0 Å². The zero-order valence-electron chi connectivity index (χ0n) is 14.2. The molecule has 0 radical (unpaired) electrons. The lowest BCUT2D eigenvalue weighted by Crippen LogP contribution is -2.36. The van der Waals surface area contributed by atoms with Gasteiger partial charge in [-0.15, -0.1) is 0 Å². The minimum Gasteiger partial charge on any atom is -0.455 e. The number of hydrogen-bond donors (Lipinski definition) is 1. The zero-order valence-corrected chi connectivity index (χ0v) is 14.2. The predicted octanol–water partition coefficient (Wildman–Crippen LogP) is 3.05. The highest BCUT2D eigenvalue weighted by Gasteiger charge is 2.11. The smallest absolute Gasteiger partial charge is 0.310 e. The molecule has 0 aliphatic carbocycles. The maximum absolute atomic E-state index is 13.1. The summed E-state index contributed by atoms with van der Waals surface area (Å²) in [5.41, 5.74) is 1.73. The van der Waals surface area contributed by atoms with Crippen LogP contribution in [-0.2, 0) is 27.2 Å². The number of benzene rings is 2. The van der Waals surface area contributed by atoms with Crippen LogP contribution in [0.3, 0.4) is 0 Å². The highest BCUT2D eigenvalue weighted by Crippen LogP contribution is 2.06. The molecule has 0 bridgehead atoms. The van der Waals surface area contributed by atoms with E-state index in [2.05, 4.69) is 5.32 Å². The lowest BCUT2D eigenvalue weighted by molar-refractivity contribution is -0.148. The Kier molecular flexibility index (Phi) is 7.14. The lowest BCUT2D eigenvalue weighted by atomic mass is 10.1. The molecule has 2 aromatic rings. The summed E-state index contributed by atoms with van der Waals surface area (Å²) in [6.07, 6.45) is 1.60. The largest absolute Gasteiger partial charge is 0.455 e. The van der Waals surface area contributed by atoms with Crippen LogP contribution in [0.1, 0.15) is 24.5 Å². The molecular formula is C20H22FNO3. The van der Waals surface area contributed by atoms with Gasteiger partial charge in [0.05, 0.1) is 6.42 Å². The number of nitrogens with one attached hydrogen (secondary N) is 1. The van der Waals surface area contributed by atoms with Crippen molar-refractivity contribution in [3.05, 3.63) is 71.5 Å². The first-order chi connectivity index (χ1) is 12.0. The van der Waals surface area contributed by atoms with Crippen molar-refractivity contribution in [1.82, 2.24) is 5.32 Å². The fourth-order valence-corrected chi connectivity index (χ4v) is 2.43. The van der Waals surface area contributed by atoms with E-state index >= 15 is 0 Å². The molecule has 4 nitrogen and oxygen atoms in total. The zero-order chi connectivity index (χ0) is 18.1. The van der Waals surface area contributed by atoms with E-state index in [9.17, 15) is 14.0 Å². The summed E-state index contributed by atoms with van der Waals surface area (Å²) in [4.78, 5) is 23.5. The van der Waals surface area contributed by atoms with Crippen LogP contribution in [0.15, 0.2) is 54.6 Å². The first kappa shape index (κ1) is 18.6. The van der Waals surface area contributed by atoms with Crippen molar-refractivity contribution in [2.24, 2.45) is 0 Å². The van der Waals surface area contributed by atoms with Gasteiger partial charge in [-0.3, -0.25) is 9.59 Å². The summed E-state index contributed by atoms with van der Waals surface area (Å²) in [5.74, 6) is -1.30. The Morgan fingerprint density at radius 1 is 1.08 bits per heavy atom. The summed E-state index contributed by atoms with van der Waals surface area (Å²) in [7, 11) is 0. The van der Waals surface area contributed by atoms with E-state index in [-0.39, 0.29) is 25.0 Å². The Hall–Kier alpha value is -2.69. The highest BCUT2D eigenvalue weighted by molar-refractivity contribution is 5.81. The van der Waals surface area contributed by atoms with E-state index in [1.807, 2.05) is 37.3 Å². The minimum absolute atomic E-state index is 0.0189. The summed E-state index contributed by atoms with van der Waals surface area (Å²) < 4.78 is 18.0. The molecule has 25 heavy (non-hydrogen) atoms. The average molecular weight is 343 g/mol. The molecule has 0 fully saturated rings. The summed E-state index contributed by atoms with van der Waals surface area (Å²) in [6, 6.07) is 15.7. The molecule has 5 heteroatoms. The fourth-order valence-electron chi connectivity index (χ4n) is 2.43. The van der Waals surface area contributed by atoms with Crippen molar-refractivity contribution >= 4 is 11.9 Å². The van der Waals surface area contributed by atoms with Gasteiger partial charge >= 0.3 is 5.97 Å². The molecular weight excluding hydrogens is 321 g/mol. The van der Waals surface area contributed by atoms with Gasteiger partial charge in [-0.1, -0.05) is 42.5 Å². The van der Waals surface area contributed by atoms with E-state index in [0.29, 0.717) is 5.56 Å². The lowest BCUT2D eigenvalue weighted by Gasteiger charge is -2.14. The topological polar surface area (TPSA) is 55.4 Å². The molecule has 2 rings (SSSR count). The normalized spacial score (nSPS) is 11.6. The molecule has 0 aliphatic heterocycles. The minimum atomic E-state index is -0.558. The number of amides is 1. The number of carbonyl (C=O) groups excluding carboxylic acids is 2. The van der Waals surface area contributed by atoms with Crippen LogP contribution in [0.25, 0.3) is 0 Å². The Morgan fingerprint density at radius 2 is 1.80 bits per heavy atom. The second-order valence-corrected chi connectivity index (χ2v) is 5.96. The highest BCUT2D eigenvalue weighted by atomic mass is 19.1. The van der Waals surface area contributed by atoms with Crippen molar-refractivity contribution in [2.45, 2.75) is 32.2 Å². The number of halogens is 1. The Bertz CT molecular complexity index is 703. The van der Waals surface area contributed by atoms with Gasteiger partial charge in [0.25, 0.3) is 5.91 Å². The number of ether oxygens (including phenoxy) is 1. The van der Waals surface area contributed by atoms with E-state index in [0.717, 1.165) is 12.8 Å². The Labute approximate surface area is 147 Å². The van der Waals surface area contributed by atoms with Gasteiger partial charge in [-0.2, -0.15) is 0 Å². The van der Waals surface area contributed by atoms with E-state index in [4.69, 9.17) is 4.74 Å². The van der Waals surface area contributed by atoms with E-state index in [1.54, 1.807) is 6.07 Å². The summed E-state index contributed by atoms with van der Waals surface area (Å²) in [5, 5.41) is 2.80. The van der Waals surface area contributed by atoms with Crippen LogP contribution < -0.4 is 5.32 Å². The first-order valence-corrected chi connectivity index (χ1v) is 8.26. The molecule has 0 saturated carbocycles. The molecule has 0 saturated heterocycles. The first-order valence-electron chi connectivity index (χ1n) is 8.26. The van der Waals surface area contributed by atoms with E-state index in [1.165, 1.54) is 23.8 Å². The van der Waals surface area contributed by atoms with Crippen molar-refractivity contribution in [2.75, 3.05) is 6.61 Å². The molecule has 132 valence electrons. The third-order valence-corrected chi connectivity index (χ3v) is 3.72. The molecule has 1 atom stereocenters. The number of rotatable bonds is 8.